The summed E-state index contributed by atoms with van der Waals surface area (Å²) in [6.07, 6.45) is 0. The van der Waals surface area contributed by atoms with Crippen molar-refractivity contribution >= 4 is 0 Å². The van der Waals surface area contributed by atoms with Gasteiger partial charge in [-0.15, -0.1) is 0 Å². The van der Waals surface area contributed by atoms with Gasteiger partial charge in [-0.05, 0) is 48.7 Å². The average Bonchev–Trinajstić information content (AvgIpc) is 2.44. The summed E-state index contributed by atoms with van der Waals surface area (Å²) in [4.78, 5) is 0. The summed E-state index contributed by atoms with van der Waals surface area (Å²) in [6.45, 7) is 3.71. The fourth-order valence-corrected chi connectivity index (χ4v) is 1.99. The van der Waals surface area contributed by atoms with Gasteiger partial charge in [-0.2, -0.15) is 0 Å². The lowest BCUT2D eigenvalue weighted by atomic mass is 10.1. The molecule has 0 amide bonds. The van der Waals surface area contributed by atoms with Gasteiger partial charge in [-0.3, -0.25) is 0 Å². The molecule has 2 nitrogen and oxygen atoms in total. The second-order valence-electron chi connectivity index (χ2n) is 5.02. The van der Waals surface area contributed by atoms with E-state index in [-0.39, 0.29) is 18.4 Å². The first-order valence-electron chi connectivity index (χ1n) is 6.55. The Balaban J connectivity index is 2.07. The quantitative estimate of drug-likeness (QED) is 0.894. The number of benzene rings is 2. The minimum Gasteiger partial charge on any atom is -0.503 e. The Labute approximate surface area is 121 Å². The maximum atomic E-state index is 13.5. The number of hydrogen-bond donors (Lipinski definition) is 2. The average molecular weight is 295 g/mol. The lowest BCUT2D eigenvalue weighted by Crippen LogP contribution is -2.18. The predicted octanol–water partition coefficient (Wildman–Crippen LogP) is 3.97. The van der Waals surface area contributed by atoms with Crippen molar-refractivity contribution < 1.29 is 18.3 Å². The van der Waals surface area contributed by atoms with Crippen LogP contribution in [0.3, 0.4) is 0 Å². The minimum absolute atomic E-state index is 0.181. The molecular weight excluding hydrogens is 279 g/mol. The third kappa shape index (κ3) is 3.55. The summed E-state index contributed by atoms with van der Waals surface area (Å²) in [6, 6.07) is 6.86. The van der Waals surface area contributed by atoms with Gasteiger partial charge in [0.2, 0.25) is 0 Å². The maximum Gasteiger partial charge on any atom is 0.187 e. The molecule has 5 heteroatoms. The molecule has 0 aromatic heterocycles. The Morgan fingerprint density at radius 2 is 1.67 bits per heavy atom. The lowest BCUT2D eigenvalue weighted by Gasteiger charge is -2.15. The van der Waals surface area contributed by atoms with Crippen molar-refractivity contribution in [3.8, 4) is 5.75 Å². The molecule has 0 bridgehead atoms. The fourth-order valence-electron chi connectivity index (χ4n) is 1.99. The van der Waals surface area contributed by atoms with Crippen LogP contribution in [0.2, 0.25) is 0 Å². The number of phenolic OH excluding ortho intramolecular Hbond substituents is 1. The summed E-state index contributed by atoms with van der Waals surface area (Å²) in [5.74, 6) is -3.27. The van der Waals surface area contributed by atoms with Crippen molar-refractivity contribution in [1.82, 2.24) is 5.32 Å². The number of hydrogen-bond acceptors (Lipinski definition) is 2. The van der Waals surface area contributed by atoms with Crippen molar-refractivity contribution in [2.75, 3.05) is 0 Å². The summed E-state index contributed by atoms with van der Waals surface area (Å²) in [7, 11) is 0. The van der Waals surface area contributed by atoms with Gasteiger partial charge in [0.25, 0.3) is 0 Å². The van der Waals surface area contributed by atoms with Crippen LogP contribution in [-0.4, -0.2) is 5.11 Å². The molecule has 2 N–H and O–H groups in total. The van der Waals surface area contributed by atoms with Crippen LogP contribution in [0.25, 0.3) is 0 Å². The number of aromatic hydroxyl groups is 1. The molecule has 0 aliphatic rings. The van der Waals surface area contributed by atoms with E-state index in [2.05, 4.69) is 5.32 Å². The first-order valence-corrected chi connectivity index (χ1v) is 6.55. The van der Waals surface area contributed by atoms with E-state index in [1.54, 1.807) is 19.1 Å². The molecule has 1 unspecified atom stereocenters. The van der Waals surface area contributed by atoms with Crippen LogP contribution in [0.1, 0.15) is 29.7 Å². The van der Waals surface area contributed by atoms with E-state index in [9.17, 15) is 13.2 Å². The normalized spacial score (nSPS) is 12.4. The third-order valence-corrected chi connectivity index (χ3v) is 3.38. The van der Waals surface area contributed by atoms with E-state index in [0.717, 1.165) is 17.7 Å². The smallest absolute Gasteiger partial charge is 0.187 e. The summed E-state index contributed by atoms with van der Waals surface area (Å²) in [5, 5.41) is 12.1. The molecule has 2 aromatic carbocycles. The molecule has 0 aliphatic carbocycles. The number of nitrogens with one attached hydrogen (secondary N) is 1. The highest BCUT2D eigenvalue weighted by atomic mass is 19.1. The van der Waals surface area contributed by atoms with Gasteiger partial charge in [0.05, 0.1) is 0 Å². The first kappa shape index (κ1) is 15.4. The maximum absolute atomic E-state index is 13.5. The van der Waals surface area contributed by atoms with Gasteiger partial charge in [-0.25, -0.2) is 13.2 Å². The van der Waals surface area contributed by atoms with Crippen LogP contribution in [0, 0.1) is 24.4 Å². The summed E-state index contributed by atoms with van der Waals surface area (Å²) < 4.78 is 39.9. The van der Waals surface area contributed by atoms with Gasteiger partial charge >= 0.3 is 0 Å². The molecule has 0 fully saturated rings. The Morgan fingerprint density at radius 3 is 2.24 bits per heavy atom. The fraction of sp³-hybridized carbons (Fsp3) is 0.250. The van der Waals surface area contributed by atoms with Gasteiger partial charge in [0, 0.05) is 12.6 Å². The Kier molecular flexibility index (Phi) is 4.53. The molecule has 2 rings (SSSR count). The molecule has 112 valence electrons. The first-order chi connectivity index (χ1) is 9.88. The van der Waals surface area contributed by atoms with Crippen LogP contribution < -0.4 is 5.32 Å². The van der Waals surface area contributed by atoms with E-state index in [1.807, 2.05) is 6.92 Å². The van der Waals surface area contributed by atoms with Crippen LogP contribution >= 0.6 is 0 Å². The molecule has 0 radical (unpaired) electrons. The standard InChI is InChI=1S/C16H16F3NO/c1-9-3-4-12(7-13(9)17)10(2)20-8-11-5-14(18)16(21)15(19)6-11/h3-7,10,20-21H,8H2,1-2H3. The van der Waals surface area contributed by atoms with E-state index in [0.29, 0.717) is 11.1 Å². The van der Waals surface area contributed by atoms with Gasteiger partial charge < -0.3 is 10.4 Å². The molecule has 0 spiro atoms. The zero-order valence-electron chi connectivity index (χ0n) is 11.8. The Hall–Kier alpha value is -2.01. The summed E-state index contributed by atoms with van der Waals surface area (Å²) in [5.41, 5.74) is 1.67. The summed E-state index contributed by atoms with van der Waals surface area (Å²) >= 11 is 0. The van der Waals surface area contributed by atoms with Gasteiger partial charge in [-0.1, -0.05) is 12.1 Å². The van der Waals surface area contributed by atoms with Crippen LogP contribution in [-0.2, 0) is 6.54 Å². The second-order valence-corrected chi connectivity index (χ2v) is 5.02. The van der Waals surface area contributed by atoms with E-state index < -0.39 is 17.4 Å². The highest BCUT2D eigenvalue weighted by Gasteiger charge is 2.11. The van der Waals surface area contributed by atoms with Crippen molar-refractivity contribution in [3.05, 3.63) is 64.5 Å². The zero-order valence-corrected chi connectivity index (χ0v) is 11.8. The lowest BCUT2D eigenvalue weighted by molar-refractivity contribution is 0.394. The van der Waals surface area contributed by atoms with Crippen molar-refractivity contribution in [3.63, 3.8) is 0 Å². The molecule has 0 heterocycles. The minimum atomic E-state index is -0.999. The number of halogens is 3. The van der Waals surface area contributed by atoms with Crippen LogP contribution in [0.15, 0.2) is 30.3 Å². The van der Waals surface area contributed by atoms with E-state index in [1.165, 1.54) is 6.07 Å². The molecule has 2 aromatic rings. The monoisotopic (exact) mass is 295 g/mol. The predicted molar refractivity (Wildman–Crippen MR) is 74.4 cm³/mol. The SMILES string of the molecule is Cc1ccc(C(C)NCc2cc(F)c(O)c(F)c2)cc1F. The zero-order chi connectivity index (χ0) is 15.6. The van der Waals surface area contributed by atoms with Crippen LogP contribution in [0.4, 0.5) is 13.2 Å². The number of rotatable bonds is 4. The second kappa shape index (κ2) is 6.18. The highest BCUT2D eigenvalue weighted by molar-refractivity contribution is 5.30. The van der Waals surface area contributed by atoms with Gasteiger partial charge in [0.1, 0.15) is 5.82 Å². The number of phenols is 1. The molecule has 0 saturated heterocycles. The Morgan fingerprint density at radius 1 is 1.05 bits per heavy atom. The van der Waals surface area contributed by atoms with E-state index in [4.69, 9.17) is 5.11 Å². The molecule has 0 aliphatic heterocycles. The van der Waals surface area contributed by atoms with Crippen molar-refractivity contribution in [2.45, 2.75) is 26.4 Å². The van der Waals surface area contributed by atoms with Crippen LogP contribution in [0.5, 0.6) is 5.75 Å². The highest BCUT2D eigenvalue weighted by Crippen LogP contribution is 2.22. The largest absolute Gasteiger partial charge is 0.503 e. The van der Waals surface area contributed by atoms with E-state index >= 15 is 0 Å². The topological polar surface area (TPSA) is 32.3 Å². The van der Waals surface area contributed by atoms with Gasteiger partial charge in [0.15, 0.2) is 17.4 Å². The molecule has 0 saturated carbocycles. The van der Waals surface area contributed by atoms with Crippen molar-refractivity contribution in [1.29, 1.82) is 0 Å². The Bertz CT molecular complexity index is 635. The molecule has 1 atom stereocenters. The molecule has 21 heavy (non-hydrogen) atoms. The van der Waals surface area contributed by atoms with Crippen molar-refractivity contribution in [2.24, 2.45) is 0 Å². The molecular formula is C16H16F3NO. The number of aryl methyl sites for hydroxylation is 1. The third-order valence-electron chi connectivity index (χ3n) is 3.38.